The minimum Gasteiger partial charge on any atom is -0.372 e. The minimum absolute atomic E-state index is 0.541. The van der Waals surface area contributed by atoms with E-state index in [1.807, 2.05) is 7.05 Å². The second-order valence-electron chi connectivity index (χ2n) is 5.66. The number of halogens is 1. The van der Waals surface area contributed by atoms with Gasteiger partial charge in [0.25, 0.3) is 0 Å². The molecule has 0 aliphatic heterocycles. The van der Waals surface area contributed by atoms with Gasteiger partial charge in [0.1, 0.15) is 11.6 Å². The third-order valence-corrected chi connectivity index (χ3v) is 4.80. The number of aromatic nitrogens is 2. The molecule has 2 rings (SSSR count). The van der Waals surface area contributed by atoms with Gasteiger partial charge in [-0.2, -0.15) is 0 Å². The van der Waals surface area contributed by atoms with Crippen molar-refractivity contribution in [3.63, 3.8) is 0 Å². The number of nitrogens with zero attached hydrogens (tertiary/aromatic N) is 2. The van der Waals surface area contributed by atoms with Gasteiger partial charge >= 0.3 is 0 Å². The molecule has 1 aromatic heterocycles. The first-order valence-corrected chi connectivity index (χ1v) is 8.19. The number of rotatable bonds is 4. The SMILES string of the molecule is CCCc1nc(C2CCCC(C)C2)nc(NC)c1Br. The highest BCUT2D eigenvalue weighted by Crippen LogP contribution is 2.36. The summed E-state index contributed by atoms with van der Waals surface area (Å²) in [4.78, 5) is 9.55. The maximum Gasteiger partial charge on any atom is 0.144 e. The van der Waals surface area contributed by atoms with Crippen LogP contribution < -0.4 is 5.32 Å². The van der Waals surface area contributed by atoms with E-state index in [4.69, 9.17) is 9.97 Å². The normalized spacial score (nSPS) is 23.4. The molecule has 0 spiro atoms. The zero-order chi connectivity index (χ0) is 13.8. The smallest absolute Gasteiger partial charge is 0.144 e. The first-order valence-electron chi connectivity index (χ1n) is 7.39. The molecule has 1 saturated carbocycles. The zero-order valence-electron chi connectivity index (χ0n) is 12.2. The third-order valence-electron chi connectivity index (χ3n) is 3.96. The summed E-state index contributed by atoms with van der Waals surface area (Å²) in [5.41, 5.74) is 1.15. The molecule has 4 heteroatoms. The summed E-state index contributed by atoms with van der Waals surface area (Å²) in [5.74, 6) is 3.33. The van der Waals surface area contributed by atoms with Crippen LogP contribution in [0.15, 0.2) is 4.47 Å². The van der Waals surface area contributed by atoms with Crippen molar-refractivity contribution in [1.29, 1.82) is 0 Å². The Morgan fingerprint density at radius 2 is 2.11 bits per heavy atom. The third kappa shape index (κ3) is 3.47. The quantitative estimate of drug-likeness (QED) is 0.883. The Kier molecular flexibility index (Phi) is 5.20. The van der Waals surface area contributed by atoms with Crippen molar-refractivity contribution >= 4 is 21.7 Å². The molecule has 1 heterocycles. The molecular weight excluding hydrogens is 302 g/mol. The molecule has 1 fully saturated rings. The molecule has 19 heavy (non-hydrogen) atoms. The van der Waals surface area contributed by atoms with Crippen molar-refractivity contribution in [3.05, 3.63) is 16.0 Å². The van der Waals surface area contributed by atoms with Gasteiger partial charge in [-0.05, 0) is 41.1 Å². The Hall–Kier alpha value is -0.640. The van der Waals surface area contributed by atoms with E-state index in [9.17, 15) is 0 Å². The molecule has 0 saturated heterocycles. The maximum absolute atomic E-state index is 4.83. The van der Waals surface area contributed by atoms with Crippen LogP contribution >= 0.6 is 15.9 Å². The highest BCUT2D eigenvalue weighted by Gasteiger charge is 2.24. The first kappa shape index (κ1) is 14.8. The summed E-state index contributed by atoms with van der Waals surface area (Å²) in [7, 11) is 1.93. The van der Waals surface area contributed by atoms with Gasteiger partial charge in [0, 0.05) is 13.0 Å². The van der Waals surface area contributed by atoms with E-state index in [0.717, 1.165) is 40.6 Å². The van der Waals surface area contributed by atoms with Crippen LogP contribution in [0.1, 0.15) is 63.4 Å². The fraction of sp³-hybridized carbons (Fsp3) is 0.733. The summed E-state index contributed by atoms with van der Waals surface area (Å²) >= 11 is 3.62. The van der Waals surface area contributed by atoms with Gasteiger partial charge in [-0.1, -0.05) is 33.1 Å². The molecule has 0 amide bonds. The second kappa shape index (κ2) is 6.69. The summed E-state index contributed by atoms with van der Waals surface area (Å²) < 4.78 is 1.03. The Morgan fingerprint density at radius 1 is 1.32 bits per heavy atom. The molecule has 1 N–H and O–H groups in total. The Labute approximate surface area is 124 Å². The number of nitrogens with one attached hydrogen (secondary N) is 1. The monoisotopic (exact) mass is 325 g/mol. The van der Waals surface area contributed by atoms with Crippen LogP contribution in [0.25, 0.3) is 0 Å². The maximum atomic E-state index is 4.83. The van der Waals surface area contributed by atoms with Gasteiger partial charge in [0.05, 0.1) is 10.2 Å². The molecule has 0 radical (unpaired) electrons. The molecule has 2 atom stereocenters. The fourth-order valence-electron chi connectivity index (χ4n) is 2.93. The van der Waals surface area contributed by atoms with Crippen LogP contribution in [-0.4, -0.2) is 17.0 Å². The molecule has 0 bridgehead atoms. The van der Waals surface area contributed by atoms with Crippen molar-refractivity contribution in [2.75, 3.05) is 12.4 Å². The lowest BCUT2D eigenvalue weighted by Gasteiger charge is -2.26. The number of aryl methyl sites for hydroxylation is 1. The Balaban J connectivity index is 2.31. The van der Waals surface area contributed by atoms with E-state index in [1.165, 1.54) is 25.7 Å². The lowest BCUT2D eigenvalue weighted by Crippen LogP contribution is -2.16. The van der Waals surface area contributed by atoms with E-state index in [1.54, 1.807) is 0 Å². The van der Waals surface area contributed by atoms with Gasteiger partial charge in [0.15, 0.2) is 0 Å². The minimum atomic E-state index is 0.541. The lowest BCUT2D eigenvalue weighted by atomic mass is 9.82. The van der Waals surface area contributed by atoms with Crippen molar-refractivity contribution in [2.24, 2.45) is 5.92 Å². The Bertz CT molecular complexity index is 434. The first-order chi connectivity index (χ1) is 9.15. The fourth-order valence-corrected chi connectivity index (χ4v) is 3.51. The van der Waals surface area contributed by atoms with Crippen molar-refractivity contribution in [3.8, 4) is 0 Å². The molecule has 1 aliphatic carbocycles. The molecule has 1 aliphatic rings. The molecule has 0 aromatic carbocycles. The average Bonchev–Trinajstić information content (AvgIpc) is 2.41. The number of hydrogen-bond acceptors (Lipinski definition) is 3. The zero-order valence-corrected chi connectivity index (χ0v) is 13.8. The highest BCUT2D eigenvalue weighted by atomic mass is 79.9. The largest absolute Gasteiger partial charge is 0.372 e. The molecule has 1 aromatic rings. The van der Waals surface area contributed by atoms with Crippen molar-refractivity contribution in [1.82, 2.24) is 9.97 Å². The van der Waals surface area contributed by atoms with E-state index in [2.05, 4.69) is 35.1 Å². The van der Waals surface area contributed by atoms with E-state index in [-0.39, 0.29) is 0 Å². The van der Waals surface area contributed by atoms with Gasteiger partial charge in [0.2, 0.25) is 0 Å². The van der Waals surface area contributed by atoms with Crippen LogP contribution in [0.3, 0.4) is 0 Å². The van der Waals surface area contributed by atoms with Gasteiger partial charge in [-0.3, -0.25) is 0 Å². The topological polar surface area (TPSA) is 37.8 Å². The van der Waals surface area contributed by atoms with Crippen LogP contribution in [0.2, 0.25) is 0 Å². The van der Waals surface area contributed by atoms with E-state index >= 15 is 0 Å². The summed E-state index contributed by atoms with van der Waals surface area (Å²) in [6.45, 7) is 4.53. The summed E-state index contributed by atoms with van der Waals surface area (Å²) in [6, 6.07) is 0. The second-order valence-corrected chi connectivity index (χ2v) is 6.45. The Morgan fingerprint density at radius 3 is 2.74 bits per heavy atom. The summed E-state index contributed by atoms with van der Waals surface area (Å²) in [5, 5.41) is 3.19. The van der Waals surface area contributed by atoms with Crippen LogP contribution in [0, 0.1) is 5.92 Å². The molecule has 3 nitrogen and oxygen atoms in total. The highest BCUT2D eigenvalue weighted by molar-refractivity contribution is 9.10. The summed E-state index contributed by atoms with van der Waals surface area (Å²) in [6.07, 6.45) is 7.25. The van der Waals surface area contributed by atoms with Crippen molar-refractivity contribution < 1.29 is 0 Å². The molecular formula is C15H24BrN3. The van der Waals surface area contributed by atoms with Gasteiger partial charge in [-0.15, -0.1) is 0 Å². The van der Waals surface area contributed by atoms with Gasteiger partial charge < -0.3 is 5.32 Å². The number of hydrogen-bond donors (Lipinski definition) is 1. The van der Waals surface area contributed by atoms with E-state index < -0.39 is 0 Å². The average molecular weight is 326 g/mol. The van der Waals surface area contributed by atoms with E-state index in [0.29, 0.717) is 5.92 Å². The van der Waals surface area contributed by atoms with Crippen LogP contribution in [0.4, 0.5) is 5.82 Å². The number of anilines is 1. The predicted octanol–water partition coefficient (Wildman–Crippen LogP) is 4.53. The lowest BCUT2D eigenvalue weighted by molar-refractivity contribution is 0.335. The standard InChI is InChI=1S/C15H24BrN3/c1-4-6-12-13(16)15(17-3)19-14(18-12)11-8-5-7-10(2)9-11/h10-11H,4-9H2,1-3H3,(H,17,18,19). The van der Waals surface area contributed by atoms with Gasteiger partial charge in [-0.25, -0.2) is 9.97 Å². The van der Waals surface area contributed by atoms with Crippen LogP contribution in [-0.2, 0) is 6.42 Å². The van der Waals surface area contributed by atoms with Crippen molar-refractivity contribution in [2.45, 2.75) is 58.3 Å². The molecule has 2 unspecified atom stereocenters. The molecule has 106 valence electrons. The predicted molar refractivity (Wildman–Crippen MR) is 83.6 cm³/mol. The van der Waals surface area contributed by atoms with Crippen LogP contribution in [0.5, 0.6) is 0 Å².